The number of aromatic nitrogens is 2. The molecule has 3 aromatic heterocycles. The van der Waals surface area contributed by atoms with Crippen LogP contribution in [0.4, 0.5) is 0 Å². The fourth-order valence-electron chi connectivity index (χ4n) is 3.17. The van der Waals surface area contributed by atoms with Gasteiger partial charge in [0.1, 0.15) is 17.6 Å². The van der Waals surface area contributed by atoms with Gasteiger partial charge in [-0.15, -0.1) is 0 Å². The van der Waals surface area contributed by atoms with Gasteiger partial charge in [0.2, 0.25) is 0 Å². The number of nitrogens with zero attached hydrogens (tertiary/aromatic N) is 2. The van der Waals surface area contributed by atoms with Crippen molar-refractivity contribution in [3.63, 3.8) is 0 Å². The number of furan rings is 1. The van der Waals surface area contributed by atoms with E-state index in [4.69, 9.17) is 8.94 Å². The van der Waals surface area contributed by atoms with Gasteiger partial charge in [0.25, 0.3) is 5.56 Å². The summed E-state index contributed by atoms with van der Waals surface area (Å²) in [5.74, 6) is 0.691. The lowest BCUT2D eigenvalue weighted by Crippen LogP contribution is -2.17. The third-order valence-corrected chi connectivity index (χ3v) is 4.66. The molecule has 0 radical (unpaired) electrons. The van der Waals surface area contributed by atoms with Crippen LogP contribution in [0.2, 0.25) is 0 Å². The Labute approximate surface area is 144 Å². The molecule has 0 saturated carbocycles. The average molecular weight is 334 g/mol. The normalized spacial score (nSPS) is 12.6. The highest BCUT2D eigenvalue weighted by atomic mass is 16.5. The summed E-state index contributed by atoms with van der Waals surface area (Å²) in [6, 6.07) is 12.0. The van der Waals surface area contributed by atoms with Gasteiger partial charge in [-0.2, -0.15) is 0 Å². The van der Waals surface area contributed by atoms with Gasteiger partial charge < -0.3 is 13.5 Å². The molecule has 3 heterocycles. The van der Waals surface area contributed by atoms with Crippen LogP contribution < -0.4 is 5.56 Å². The Morgan fingerprint density at radius 1 is 1.20 bits per heavy atom. The number of aryl methyl sites for hydroxylation is 2. The molecule has 0 fully saturated rings. The topological polar surface area (TPSA) is 61.2 Å². The third kappa shape index (κ3) is 2.48. The summed E-state index contributed by atoms with van der Waals surface area (Å²) in [5, 5.41) is 4.46. The van der Waals surface area contributed by atoms with E-state index >= 15 is 0 Å². The van der Waals surface area contributed by atoms with Crippen LogP contribution in [0.5, 0.6) is 0 Å². The van der Waals surface area contributed by atoms with Crippen LogP contribution in [-0.2, 0) is 7.05 Å². The summed E-state index contributed by atoms with van der Waals surface area (Å²) in [6.45, 7) is 3.96. The van der Waals surface area contributed by atoms with Crippen molar-refractivity contribution >= 4 is 11.0 Å². The number of benzene rings is 1. The highest BCUT2D eigenvalue weighted by Gasteiger charge is 2.20. The molecule has 0 amide bonds. The zero-order chi connectivity index (χ0) is 17.6. The number of hydrogen-bond acceptors (Lipinski definition) is 4. The van der Waals surface area contributed by atoms with Crippen molar-refractivity contribution < 1.29 is 8.94 Å². The van der Waals surface area contributed by atoms with Gasteiger partial charge in [-0.05, 0) is 18.6 Å². The molecule has 0 spiro atoms. The molecule has 0 N–H and O–H groups in total. The Bertz CT molecular complexity index is 1100. The van der Waals surface area contributed by atoms with Crippen LogP contribution in [-0.4, -0.2) is 9.72 Å². The first-order chi connectivity index (χ1) is 12.1. The maximum Gasteiger partial charge on any atom is 0.261 e. The Kier molecular flexibility index (Phi) is 3.57. The molecule has 4 rings (SSSR count). The van der Waals surface area contributed by atoms with Crippen molar-refractivity contribution in [1.82, 2.24) is 9.72 Å². The van der Waals surface area contributed by atoms with E-state index in [1.54, 1.807) is 17.7 Å². The maximum atomic E-state index is 12.6. The van der Waals surface area contributed by atoms with Crippen LogP contribution in [0.25, 0.3) is 22.3 Å². The van der Waals surface area contributed by atoms with E-state index in [-0.39, 0.29) is 11.5 Å². The Balaban J connectivity index is 1.96. The average Bonchev–Trinajstić information content (AvgIpc) is 3.24. The van der Waals surface area contributed by atoms with Crippen LogP contribution in [0, 0.1) is 6.92 Å². The quantitative estimate of drug-likeness (QED) is 0.562. The number of hydrogen-bond donors (Lipinski definition) is 0. The first kappa shape index (κ1) is 15.4. The van der Waals surface area contributed by atoms with Crippen molar-refractivity contribution in [3.8, 4) is 11.3 Å². The molecule has 4 aromatic rings. The predicted molar refractivity (Wildman–Crippen MR) is 95.6 cm³/mol. The molecule has 126 valence electrons. The van der Waals surface area contributed by atoms with Gasteiger partial charge in [0, 0.05) is 24.7 Å². The van der Waals surface area contributed by atoms with Crippen molar-refractivity contribution in [2.75, 3.05) is 0 Å². The summed E-state index contributed by atoms with van der Waals surface area (Å²) in [5.41, 5.74) is 4.17. The van der Waals surface area contributed by atoms with E-state index in [9.17, 15) is 4.79 Å². The zero-order valence-electron chi connectivity index (χ0n) is 14.3. The molecule has 25 heavy (non-hydrogen) atoms. The van der Waals surface area contributed by atoms with Crippen molar-refractivity contribution in [2.45, 2.75) is 19.8 Å². The van der Waals surface area contributed by atoms with Gasteiger partial charge in [-0.1, -0.05) is 42.4 Å². The fraction of sp³-hybridized carbons (Fsp3) is 0.200. The Morgan fingerprint density at radius 2 is 1.96 bits per heavy atom. The summed E-state index contributed by atoms with van der Waals surface area (Å²) in [7, 11) is 1.76. The minimum Gasteiger partial charge on any atom is -0.455 e. The van der Waals surface area contributed by atoms with Crippen molar-refractivity contribution in [3.05, 3.63) is 76.0 Å². The SMILES string of the molecule is Cc1nocc1-c1cc2c(=O)n(C)cc(C(C)c3ccccc3)c2o1. The van der Waals surface area contributed by atoms with E-state index in [0.29, 0.717) is 16.7 Å². The van der Waals surface area contributed by atoms with Gasteiger partial charge in [-0.3, -0.25) is 4.79 Å². The molecule has 0 bridgehead atoms. The molecule has 0 aliphatic carbocycles. The van der Waals surface area contributed by atoms with Crippen LogP contribution in [0.3, 0.4) is 0 Å². The molecule has 1 atom stereocenters. The number of pyridine rings is 1. The predicted octanol–water partition coefficient (Wildman–Crippen LogP) is 4.25. The van der Waals surface area contributed by atoms with Crippen LogP contribution in [0.1, 0.15) is 29.7 Å². The number of rotatable bonds is 3. The minimum atomic E-state index is -0.0804. The lowest BCUT2D eigenvalue weighted by atomic mass is 9.93. The zero-order valence-corrected chi connectivity index (χ0v) is 14.3. The molecule has 0 aliphatic heterocycles. The first-order valence-corrected chi connectivity index (χ1v) is 8.15. The summed E-state index contributed by atoms with van der Waals surface area (Å²) in [4.78, 5) is 12.6. The highest BCUT2D eigenvalue weighted by molar-refractivity contribution is 5.85. The molecule has 1 aromatic carbocycles. The second-order valence-electron chi connectivity index (χ2n) is 6.30. The molecule has 1 unspecified atom stereocenters. The molecular weight excluding hydrogens is 316 g/mol. The first-order valence-electron chi connectivity index (χ1n) is 8.15. The molecule has 5 heteroatoms. The van der Waals surface area contributed by atoms with E-state index in [2.05, 4.69) is 24.2 Å². The highest BCUT2D eigenvalue weighted by Crippen LogP contribution is 2.34. The van der Waals surface area contributed by atoms with Crippen molar-refractivity contribution in [1.29, 1.82) is 0 Å². The minimum absolute atomic E-state index is 0.0804. The second-order valence-corrected chi connectivity index (χ2v) is 6.30. The molecule has 5 nitrogen and oxygen atoms in total. The smallest absolute Gasteiger partial charge is 0.261 e. The standard InChI is InChI=1S/C20H18N2O3/c1-12(14-7-5-4-6-8-14)16-10-22(3)20(23)15-9-18(25-19(15)16)17-11-24-21-13(17)2/h4-12H,1-3H3. The van der Waals surface area contributed by atoms with Crippen molar-refractivity contribution in [2.24, 2.45) is 7.05 Å². The van der Waals surface area contributed by atoms with Gasteiger partial charge >= 0.3 is 0 Å². The third-order valence-electron chi connectivity index (χ3n) is 4.66. The molecular formula is C20H18N2O3. The van der Waals surface area contributed by atoms with E-state index in [0.717, 1.165) is 16.8 Å². The largest absolute Gasteiger partial charge is 0.455 e. The van der Waals surface area contributed by atoms with E-state index in [1.807, 2.05) is 31.3 Å². The summed E-state index contributed by atoms with van der Waals surface area (Å²) < 4.78 is 12.7. The lowest BCUT2D eigenvalue weighted by molar-refractivity contribution is 0.415. The Hall–Kier alpha value is -3.08. The van der Waals surface area contributed by atoms with Gasteiger partial charge in [-0.25, -0.2) is 0 Å². The van der Waals surface area contributed by atoms with E-state index < -0.39 is 0 Å². The van der Waals surface area contributed by atoms with E-state index in [1.165, 1.54) is 11.8 Å². The lowest BCUT2D eigenvalue weighted by Gasteiger charge is -2.14. The van der Waals surface area contributed by atoms with Gasteiger partial charge in [0.15, 0.2) is 0 Å². The summed E-state index contributed by atoms with van der Waals surface area (Å²) >= 11 is 0. The molecule has 0 saturated heterocycles. The summed E-state index contributed by atoms with van der Waals surface area (Å²) in [6.07, 6.45) is 3.40. The number of fused-ring (bicyclic) bond motifs is 1. The fourth-order valence-corrected chi connectivity index (χ4v) is 3.17. The van der Waals surface area contributed by atoms with Gasteiger partial charge in [0.05, 0.1) is 16.6 Å². The second kappa shape index (κ2) is 5.77. The van der Waals surface area contributed by atoms with Crippen LogP contribution in [0.15, 0.2) is 62.6 Å². The monoisotopic (exact) mass is 334 g/mol. The Morgan fingerprint density at radius 3 is 2.64 bits per heavy atom. The molecule has 0 aliphatic rings. The van der Waals surface area contributed by atoms with Crippen LogP contribution >= 0.6 is 0 Å². The maximum absolute atomic E-state index is 12.6.